The third-order valence-electron chi connectivity index (χ3n) is 5.26. The van der Waals surface area contributed by atoms with E-state index in [-0.39, 0.29) is 11.5 Å². The van der Waals surface area contributed by atoms with E-state index in [9.17, 15) is 9.59 Å². The zero-order valence-electron chi connectivity index (χ0n) is 18.3. The third-order valence-corrected chi connectivity index (χ3v) is 5.26. The van der Waals surface area contributed by atoms with Gasteiger partial charge in [0.05, 0.1) is 31.6 Å². The van der Waals surface area contributed by atoms with E-state index in [1.54, 1.807) is 24.3 Å². The van der Waals surface area contributed by atoms with Crippen LogP contribution in [0.5, 0.6) is 5.88 Å². The van der Waals surface area contributed by atoms with Crippen molar-refractivity contribution in [2.24, 2.45) is 0 Å². The summed E-state index contributed by atoms with van der Waals surface area (Å²) in [5.74, 6) is -0.574. The molecule has 1 aliphatic heterocycles. The summed E-state index contributed by atoms with van der Waals surface area (Å²) in [6, 6.07) is 18.2. The first-order valence-electron chi connectivity index (χ1n) is 10.6. The summed E-state index contributed by atoms with van der Waals surface area (Å²) < 4.78 is 16.0. The first-order valence-corrected chi connectivity index (χ1v) is 10.6. The number of anilines is 2. The maximum absolute atomic E-state index is 12.9. The average Bonchev–Trinajstić information content (AvgIpc) is 2.88. The van der Waals surface area contributed by atoms with Gasteiger partial charge in [-0.2, -0.15) is 0 Å². The quantitative estimate of drug-likeness (QED) is 0.554. The van der Waals surface area contributed by atoms with Crippen molar-refractivity contribution in [1.29, 1.82) is 0 Å². The first-order chi connectivity index (χ1) is 16.1. The van der Waals surface area contributed by atoms with Crippen molar-refractivity contribution in [2.75, 3.05) is 43.6 Å². The fraction of sp³-hybridized carbons (Fsp3) is 0.240. The Bertz CT molecular complexity index is 1110. The minimum atomic E-state index is -0.526. The molecule has 4 rings (SSSR count). The molecule has 0 bridgehead atoms. The molecule has 0 atom stereocenters. The van der Waals surface area contributed by atoms with Crippen LogP contribution in [0.2, 0.25) is 0 Å². The van der Waals surface area contributed by atoms with Gasteiger partial charge >= 0.3 is 5.97 Å². The number of nitrogens with one attached hydrogen (secondary N) is 1. The molecule has 1 amide bonds. The summed E-state index contributed by atoms with van der Waals surface area (Å²) in [5.41, 5.74) is 2.88. The van der Waals surface area contributed by atoms with Crippen molar-refractivity contribution in [3.8, 4) is 5.88 Å². The molecule has 1 saturated heterocycles. The minimum absolute atomic E-state index is 0.282. The Hall–Kier alpha value is -3.91. The Kier molecular flexibility index (Phi) is 7.16. The molecule has 33 heavy (non-hydrogen) atoms. The second kappa shape index (κ2) is 10.6. The van der Waals surface area contributed by atoms with Crippen LogP contribution in [-0.4, -0.2) is 50.3 Å². The summed E-state index contributed by atoms with van der Waals surface area (Å²) >= 11 is 0. The van der Waals surface area contributed by atoms with Crippen molar-refractivity contribution in [3.05, 3.63) is 83.6 Å². The number of esters is 1. The van der Waals surface area contributed by atoms with E-state index in [1.165, 1.54) is 13.3 Å². The lowest BCUT2D eigenvalue weighted by Gasteiger charge is -2.29. The number of hydrogen-bond acceptors (Lipinski definition) is 7. The molecule has 3 aromatic rings. The first kappa shape index (κ1) is 22.3. The zero-order valence-corrected chi connectivity index (χ0v) is 18.3. The van der Waals surface area contributed by atoms with Crippen LogP contribution in [0.3, 0.4) is 0 Å². The van der Waals surface area contributed by atoms with Gasteiger partial charge in [0.25, 0.3) is 5.91 Å². The summed E-state index contributed by atoms with van der Waals surface area (Å²) in [6.07, 6.45) is 1.51. The molecular weight excluding hydrogens is 422 g/mol. The van der Waals surface area contributed by atoms with Gasteiger partial charge < -0.3 is 24.4 Å². The Morgan fingerprint density at radius 2 is 1.85 bits per heavy atom. The molecule has 8 heteroatoms. The molecule has 1 aromatic heterocycles. The largest absolute Gasteiger partial charge is 0.473 e. The van der Waals surface area contributed by atoms with Crippen LogP contribution in [0.1, 0.15) is 26.3 Å². The summed E-state index contributed by atoms with van der Waals surface area (Å²) in [5, 5.41) is 2.81. The fourth-order valence-corrected chi connectivity index (χ4v) is 3.49. The number of rotatable bonds is 7. The van der Waals surface area contributed by atoms with Crippen molar-refractivity contribution in [3.63, 3.8) is 0 Å². The van der Waals surface area contributed by atoms with Crippen LogP contribution in [-0.2, 0) is 16.1 Å². The monoisotopic (exact) mass is 447 g/mol. The number of ether oxygens (including phenoxy) is 3. The lowest BCUT2D eigenvalue weighted by Crippen LogP contribution is -2.36. The van der Waals surface area contributed by atoms with Crippen LogP contribution in [0.15, 0.2) is 66.9 Å². The predicted octanol–water partition coefficient (Wildman–Crippen LogP) is 3.54. The predicted molar refractivity (Wildman–Crippen MR) is 124 cm³/mol. The number of benzene rings is 2. The van der Waals surface area contributed by atoms with Crippen LogP contribution in [0.4, 0.5) is 11.4 Å². The molecule has 0 saturated carbocycles. The molecule has 8 nitrogen and oxygen atoms in total. The van der Waals surface area contributed by atoms with E-state index in [1.807, 2.05) is 36.4 Å². The van der Waals surface area contributed by atoms with Crippen LogP contribution in [0.25, 0.3) is 0 Å². The number of pyridine rings is 1. The van der Waals surface area contributed by atoms with Gasteiger partial charge in [-0.1, -0.05) is 30.3 Å². The van der Waals surface area contributed by atoms with Gasteiger partial charge in [0.1, 0.15) is 6.61 Å². The highest BCUT2D eigenvalue weighted by molar-refractivity contribution is 6.08. The van der Waals surface area contributed by atoms with E-state index >= 15 is 0 Å². The van der Waals surface area contributed by atoms with Crippen molar-refractivity contribution >= 4 is 23.3 Å². The highest BCUT2D eigenvalue weighted by atomic mass is 16.5. The summed E-state index contributed by atoms with van der Waals surface area (Å²) in [7, 11) is 1.31. The molecule has 0 unspecified atom stereocenters. The minimum Gasteiger partial charge on any atom is -0.473 e. The number of methoxy groups -OCH3 is 1. The van der Waals surface area contributed by atoms with Crippen LogP contribution < -0.4 is 15.0 Å². The molecule has 0 aliphatic carbocycles. The van der Waals surface area contributed by atoms with E-state index in [4.69, 9.17) is 14.2 Å². The number of aromatic nitrogens is 1. The Morgan fingerprint density at radius 1 is 1.06 bits per heavy atom. The van der Waals surface area contributed by atoms with Gasteiger partial charge in [-0.3, -0.25) is 4.79 Å². The lowest BCUT2D eigenvalue weighted by molar-refractivity contribution is 0.0602. The molecular formula is C25H25N3O5. The van der Waals surface area contributed by atoms with E-state index in [2.05, 4.69) is 15.2 Å². The molecule has 1 fully saturated rings. The maximum Gasteiger partial charge on any atom is 0.340 e. The summed E-state index contributed by atoms with van der Waals surface area (Å²) in [6.45, 7) is 3.06. The highest BCUT2D eigenvalue weighted by Gasteiger charge is 2.19. The molecule has 170 valence electrons. The second-order valence-corrected chi connectivity index (χ2v) is 7.43. The maximum atomic E-state index is 12.9. The van der Waals surface area contributed by atoms with Gasteiger partial charge in [0.15, 0.2) is 0 Å². The number of morpholine rings is 1. The molecule has 0 spiro atoms. The molecule has 2 heterocycles. The van der Waals surface area contributed by atoms with Gasteiger partial charge in [-0.25, -0.2) is 9.78 Å². The van der Waals surface area contributed by atoms with Crippen molar-refractivity contribution < 1.29 is 23.8 Å². The average molecular weight is 447 g/mol. The van der Waals surface area contributed by atoms with E-state index < -0.39 is 5.97 Å². The van der Waals surface area contributed by atoms with Crippen LogP contribution >= 0.6 is 0 Å². The Morgan fingerprint density at radius 3 is 2.61 bits per heavy atom. The number of carbonyl (C=O) groups is 2. The number of carbonyl (C=O) groups excluding carboxylic acids is 2. The molecule has 2 aromatic carbocycles. The van der Waals surface area contributed by atoms with Crippen molar-refractivity contribution in [1.82, 2.24) is 4.98 Å². The Balaban J connectivity index is 1.49. The molecule has 0 radical (unpaired) electrons. The van der Waals surface area contributed by atoms with Gasteiger partial charge in [-0.05, 0) is 29.8 Å². The fourth-order valence-electron chi connectivity index (χ4n) is 3.49. The van der Waals surface area contributed by atoms with Gasteiger partial charge in [0, 0.05) is 36.6 Å². The van der Waals surface area contributed by atoms with Gasteiger partial charge in [0.2, 0.25) is 5.88 Å². The SMILES string of the molecule is COC(=O)c1cc(N2CCOCC2)ccc1NC(=O)c1ccnc(OCc2ccccc2)c1. The smallest absolute Gasteiger partial charge is 0.340 e. The van der Waals surface area contributed by atoms with E-state index in [0.717, 1.165) is 24.3 Å². The number of nitrogens with zero attached hydrogens (tertiary/aromatic N) is 2. The Labute approximate surface area is 192 Å². The molecule has 1 N–H and O–H groups in total. The standard InChI is InChI=1S/C25H25N3O5/c1-31-25(30)21-16-20(28-11-13-32-14-12-28)7-8-22(21)27-24(29)19-9-10-26-23(15-19)33-17-18-5-3-2-4-6-18/h2-10,15-16H,11-14,17H2,1H3,(H,27,29). The van der Waals surface area contributed by atoms with Crippen LogP contribution in [0, 0.1) is 0 Å². The number of hydrogen-bond donors (Lipinski definition) is 1. The van der Waals surface area contributed by atoms with Gasteiger partial charge in [-0.15, -0.1) is 0 Å². The zero-order chi connectivity index (χ0) is 23.0. The lowest BCUT2D eigenvalue weighted by atomic mass is 10.1. The molecule has 1 aliphatic rings. The summed E-state index contributed by atoms with van der Waals surface area (Å²) in [4.78, 5) is 31.6. The second-order valence-electron chi connectivity index (χ2n) is 7.43. The highest BCUT2D eigenvalue weighted by Crippen LogP contribution is 2.26. The number of amides is 1. The van der Waals surface area contributed by atoms with Crippen molar-refractivity contribution in [2.45, 2.75) is 6.61 Å². The third kappa shape index (κ3) is 5.67. The van der Waals surface area contributed by atoms with E-state index in [0.29, 0.717) is 37.0 Å². The normalized spacial score (nSPS) is 13.3. The topological polar surface area (TPSA) is 90.0 Å².